The van der Waals surface area contributed by atoms with Gasteiger partial charge in [0, 0.05) is 19.3 Å². The van der Waals surface area contributed by atoms with Crippen molar-refractivity contribution < 1.29 is 0 Å². The van der Waals surface area contributed by atoms with Crippen molar-refractivity contribution in [1.29, 1.82) is 0 Å². The molecule has 0 saturated heterocycles. The molecule has 0 bridgehead atoms. The summed E-state index contributed by atoms with van der Waals surface area (Å²) in [5.41, 5.74) is 0. The van der Waals surface area contributed by atoms with Crippen molar-refractivity contribution >= 4 is 11.8 Å². The van der Waals surface area contributed by atoms with Crippen LogP contribution in [0.1, 0.15) is 46.0 Å². The Morgan fingerprint density at radius 1 is 1.24 bits per heavy atom. The maximum Gasteiger partial charge on any atom is 0.224 e. The van der Waals surface area contributed by atoms with Crippen LogP contribution in [0.25, 0.3) is 0 Å². The summed E-state index contributed by atoms with van der Waals surface area (Å²) in [6, 6.07) is 2.45. The highest BCUT2D eigenvalue weighted by Gasteiger charge is 2.08. The molecule has 0 aliphatic heterocycles. The Morgan fingerprint density at radius 2 is 2.06 bits per heavy atom. The summed E-state index contributed by atoms with van der Waals surface area (Å²) in [5.74, 6) is 1.58. The van der Waals surface area contributed by atoms with Crippen LogP contribution in [0, 0.1) is 0 Å². The monoisotopic (exact) mass is 236 g/mol. The highest BCUT2D eigenvalue weighted by molar-refractivity contribution is 5.39. The number of nitrogens with one attached hydrogen (secondary N) is 2. The fraction of sp³-hybridized carbons (Fsp3) is 0.692. The van der Waals surface area contributed by atoms with Crippen LogP contribution in [-0.2, 0) is 0 Å². The van der Waals surface area contributed by atoms with E-state index in [1.165, 1.54) is 32.1 Å². The average Bonchev–Trinajstić information content (AvgIpc) is 2.36. The van der Waals surface area contributed by atoms with E-state index in [9.17, 15) is 0 Å². The van der Waals surface area contributed by atoms with Crippen LogP contribution >= 0.6 is 0 Å². The van der Waals surface area contributed by atoms with E-state index >= 15 is 0 Å². The van der Waals surface area contributed by atoms with Gasteiger partial charge >= 0.3 is 0 Å². The van der Waals surface area contributed by atoms with Gasteiger partial charge < -0.3 is 10.6 Å². The summed E-state index contributed by atoms with van der Waals surface area (Å²) in [5, 5.41) is 6.45. The Morgan fingerprint density at radius 3 is 2.71 bits per heavy atom. The molecular weight excluding hydrogens is 212 g/mol. The zero-order chi connectivity index (χ0) is 12.5. The van der Waals surface area contributed by atoms with E-state index in [1.54, 1.807) is 6.20 Å². The smallest absolute Gasteiger partial charge is 0.224 e. The van der Waals surface area contributed by atoms with E-state index in [1.807, 2.05) is 13.1 Å². The molecule has 1 atom stereocenters. The van der Waals surface area contributed by atoms with Crippen molar-refractivity contribution in [2.24, 2.45) is 0 Å². The van der Waals surface area contributed by atoms with Gasteiger partial charge in [0.2, 0.25) is 5.95 Å². The van der Waals surface area contributed by atoms with Crippen LogP contribution in [0.4, 0.5) is 11.8 Å². The number of hydrogen-bond donors (Lipinski definition) is 2. The molecule has 0 aliphatic rings. The van der Waals surface area contributed by atoms with Crippen molar-refractivity contribution in [3.05, 3.63) is 12.3 Å². The second-order valence-corrected chi connectivity index (χ2v) is 4.29. The molecule has 1 unspecified atom stereocenters. The summed E-state index contributed by atoms with van der Waals surface area (Å²) in [7, 11) is 1.83. The van der Waals surface area contributed by atoms with Gasteiger partial charge in [0.05, 0.1) is 0 Å². The lowest BCUT2D eigenvalue weighted by atomic mass is 10.1. The molecule has 0 saturated carbocycles. The lowest BCUT2D eigenvalue weighted by molar-refractivity contribution is 0.563. The van der Waals surface area contributed by atoms with Gasteiger partial charge in [0.1, 0.15) is 5.82 Å². The standard InChI is InChI=1S/C13H24N4/c1-4-6-8-11(7-5-2)16-12-9-10-15-13(14-3)17-12/h9-11H,4-8H2,1-3H3,(H2,14,15,16,17). The van der Waals surface area contributed by atoms with Gasteiger partial charge in [-0.05, 0) is 18.9 Å². The first-order valence-electron chi connectivity index (χ1n) is 6.57. The zero-order valence-electron chi connectivity index (χ0n) is 11.2. The second kappa shape index (κ2) is 7.87. The molecule has 96 valence electrons. The van der Waals surface area contributed by atoms with Crippen molar-refractivity contribution in [3.63, 3.8) is 0 Å². The number of rotatable bonds is 8. The van der Waals surface area contributed by atoms with E-state index in [0.29, 0.717) is 12.0 Å². The topological polar surface area (TPSA) is 49.8 Å². The molecule has 2 N–H and O–H groups in total. The lowest BCUT2D eigenvalue weighted by Gasteiger charge is -2.18. The minimum Gasteiger partial charge on any atom is -0.367 e. The van der Waals surface area contributed by atoms with E-state index in [4.69, 9.17) is 0 Å². The summed E-state index contributed by atoms with van der Waals surface area (Å²) in [6.07, 6.45) is 7.90. The van der Waals surface area contributed by atoms with Crippen LogP contribution in [-0.4, -0.2) is 23.1 Å². The molecule has 1 aromatic rings. The molecule has 0 amide bonds. The SMILES string of the molecule is CCCCC(CCC)Nc1ccnc(NC)n1. The van der Waals surface area contributed by atoms with Crippen molar-refractivity contribution in [3.8, 4) is 0 Å². The van der Waals surface area contributed by atoms with Crippen LogP contribution in [0.15, 0.2) is 12.3 Å². The minimum absolute atomic E-state index is 0.527. The third-order valence-corrected chi connectivity index (χ3v) is 2.77. The summed E-state index contributed by atoms with van der Waals surface area (Å²) < 4.78 is 0. The van der Waals surface area contributed by atoms with E-state index in [-0.39, 0.29) is 0 Å². The van der Waals surface area contributed by atoms with Crippen LogP contribution in [0.3, 0.4) is 0 Å². The fourth-order valence-corrected chi connectivity index (χ4v) is 1.86. The Kier molecular flexibility index (Phi) is 6.37. The maximum absolute atomic E-state index is 4.39. The average molecular weight is 236 g/mol. The molecule has 4 heteroatoms. The summed E-state index contributed by atoms with van der Waals surface area (Å²) in [6.45, 7) is 4.45. The molecule has 0 aromatic carbocycles. The Balaban J connectivity index is 2.57. The van der Waals surface area contributed by atoms with Crippen molar-refractivity contribution in [1.82, 2.24) is 9.97 Å². The predicted molar refractivity (Wildman–Crippen MR) is 73.4 cm³/mol. The first kappa shape index (κ1) is 13.7. The number of anilines is 2. The molecule has 1 rings (SSSR count). The zero-order valence-corrected chi connectivity index (χ0v) is 11.2. The van der Waals surface area contributed by atoms with Crippen LogP contribution in [0.5, 0.6) is 0 Å². The number of hydrogen-bond acceptors (Lipinski definition) is 4. The third kappa shape index (κ3) is 5.02. The number of unbranched alkanes of at least 4 members (excludes halogenated alkanes) is 1. The first-order chi connectivity index (χ1) is 8.30. The number of nitrogens with zero attached hydrogens (tertiary/aromatic N) is 2. The summed E-state index contributed by atoms with van der Waals surface area (Å²) in [4.78, 5) is 8.50. The van der Waals surface area contributed by atoms with E-state index < -0.39 is 0 Å². The molecule has 0 aliphatic carbocycles. The van der Waals surface area contributed by atoms with Gasteiger partial charge in [0.25, 0.3) is 0 Å². The molecule has 17 heavy (non-hydrogen) atoms. The molecule has 0 radical (unpaired) electrons. The van der Waals surface area contributed by atoms with E-state index in [0.717, 1.165) is 5.82 Å². The maximum atomic E-state index is 4.39. The molecule has 1 aromatic heterocycles. The molecular formula is C13H24N4. The normalized spacial score (nSPS) is 12.2. The Hall–Kier alpha value is -1.32. The van der Waals surface area contributed by atoms with Crippen molar-refractivity contribution in [2.45, 2.75) is 52.0 Å². The Bertz CT molecular complexity index is 314. The molecule has 0 spiro atoms. The van der Waals surface area contributed by atoms with E-state index in [2.05, 4.69) is 34.4 Å². The third-order valence-electron chi connectivity index (χ3n) is 2.77. The lowest BCUT2D eigenvalue weighted by Crippen LogP contribution is -2.20. The van der Waals surface area contributed by atoms with Crippen molar-refractivity contribution in [2.75, 3.05) is 17.7 Å². The van der Waals surface area contributed by atoms with Crippen LogP contribution < -0.4 is 10.6 Å². The highest BCUT2D eigenvalue weighted by atomic mass is 15.1. The predicted octanol–water partition coefficient (Wildman–Crippen LogP) is 3.29. The molecule has 4 nitrogen and oxygen atoms in total. The summed E-state index contributed by atoms with van der Waals surface area (Å²) >= 11 is 0. The number of aromatic nitrogens is 2. The highest BCUT2D eigenvalue weighted by Crippen LogP contribution is 2.14. The quantitative estimate of drug-likeness (QED) is 0.727. The largest absolute Gasteiger partial charge is 0.367 e. The van der Waals surface area contributed by atoms with Gasteiger partial charge in [0.15, 0.2) is 0 Å². The molecule has 1 heterocycles. The second-order valence-electron chi connectivity index (χ2n) is 4.29. The fourth-order valence-electron chi connectivity index (χ4n) is 1.86. The van der Waals surface area contributed by atoms with Gasteiger partial charge in [-0.15, -0.1) is 0 Å². The van der Waals surface area contributed by atoms with Gasteiger partial charge in [-0.25, -0.2) is 4.98 Å². The minimum atomic E-state index is 0.527. The molecule has 0 fully saturated rings. The van der Waals surface area contributed by atoms with Gasteiger partial charge in [-0.2, -0.15) is 4.98 Å². The van der Waals surface area contributed by atoms with Gasteiger partial charge in [-0.1, -0.05) is 33.1 Å². The van der Waals surface area contributed by atoms with Crippen LogP contribution in [0.2, 0.25) is 0 Å². The first-order valence-corrected chi connectivity index (χ1v) is 6.57. The Labute approximate surface area is 104 Å². The van der Waals surface area contributed by atoms with Gasteiger partial charge in [-0.3, -0.25) is 0 Å².